The normalized spacial score (nSPS) is 18.1. The maximum absolute atomic E-state index is 12.8. The number of amides is 1. The SMILES string of the molecule is CCN(Cc1nnc(SC)s1)[C@@H]1CCN(c2ccccc2)C1=O. The lowest BCUT2D eigenvalue weighted by Crippen LogP contribution is -2.41. The standard InChI is InChI=1S/C16H20N4OS2/c1-3-19(11-14-17-18-16(22-2)23-14)13-9-10-20(15(13)21)12-7-5-4-6-8-12/h4-8,13H,3,9-11H2,1-2H3/t13-/m1/s1. The van der Waals surface area contributed by atoms with Crippen LogP contribution in [-0.2, 0) is 11.3 Å². The van der Waals surface area contributed by atoms with E-state index in [9.17, 15) is 4.79 Å². The molecule has 122 valence electrons. The van der Waals surface area contributed by atoms with Gasteiger partial charge in [-0.1, -0.05) is 48.2 Å². The van der Waals surface area contributed by atoms with Gasteiger partial charge < -0.3 is 4.90 Å². The Kier molecular flexibility index (Phi) is 5.30. The molecule has 0 N–H and O–H groups in total. The minimum Gasteiger partial charge on any atom is -0.311 e. The molecule has 1 saturated heterocycles. The van der Waals surface area contributed by atoms with E-state index >= 15 is 0 Å². The van der Waals surface area contributed by atoms with Crippen LogP contribution in [0, 0.1) is 0 Å². The first-order valence-corrected chi connectivity index (χ1v) is 9.74. The monoisotopic (exact) mass is 348 g/mol. The van der Waals surface area contributed by atoms with E-state index in [-0.39, 0.29) is 11.9 Å². The van der Waals surface area contributed by atoms with Crippen molar-refractivity contribution in [3.63, 3.8) is 0 Å². The number of rotatable bonds is 6. The van der Waals surface area contributed by atoms with Gasteiger partial charge in [0.1, 0.15) is 5.01 Å². The highest BCUT2D eigenvalue weighted by molar-refractivity contribution is 8.00. The number of benzene rings is 1. The van der Waals surface area contributed by atoms with Gasteiger partial charge in [0.25, 0.3) is 0 Å². The van der Waals surface area contributed by atoms with Crippen molar-refractivity contribution in [2.75, 3.05) is 24.2 Å². The molecule has 1 aliphatic rings. The summed E-state index contributed by atoms with van der Waals surface area (Å²) in [5.41, 5.74) is 0.983. The van der Waals surface area contributed by atoms with Crippen molar-refractivity contribution in [2.45, 2.75) is 30.3 Å². The molecule has 2 heterocycles. The van der Waals surface area contributed by atoms with Crippen molar-refractivity contribution in [3.8, 4) is 0 Å². The van der Waals surface area contributed by atoms with E-state index in [1.807, 2.05) is 41.5 Å². The number of thioether (sulfide) groups is 1. The molecule has 1 aromatic heterocycles. The van der Waals surface area contributed by atoms with Gasteiger partial charge in [-0.05, 0) is 31.4 Å². The van der Waals surface area contributed by atoms with Crippen LogP contribution in [0.2, 0.25) is 0 Å². The number of hydrogen-bond acceptors (Lipinski definition) is 6. The largest absolute Gasteiger partial charge is 0.311 e. The van der Waals surface area contributed by atoms with Gasteiger partial charge in [0.15, 0.2) is 4.34 Å². The Bertz CT molecular complexity index is 661. The van der Waals surface area contributed by atoms with Gasteiger partial charge >= 0.3 is 0 Å². The molecule has 1 atom stereocenters. The van der Waals surface area contributed by atoms with E-state index in [2.05, 4.69) is 22.0 Å². The van der Waals surface area contributed by atoms with Crippen LogP contribution >= 0.6 is 23.1 Å². The second-order valence-corrected chi connectivity index (χ2v) is 7.47. The summed E-state index contributed by atoms with van der Waals surface area (Å²) >= 11 is 3.21. The van der Waals surface area contributed by atoms with Crippen LogP contribution in [0.3, 0.4) is 0 Å². The molecule has 0 spiro atoms. The molecule has 1 aromatic carbocycles. The number of anilines is 1. The number of carbonyl (C=O) groups excluding carboxylic acids is 1. The lowest BCUT2D eigenvalue weighted by atomic mass is 10.2. The van der Waals surface area contributed by atoms with E-state index < -0.39 is 0 Å². The van der Waals surface area contributed by atoms with E-state index in [1.54, 1.807) is 23.1 Å². The average molecular weight is 348 g/mol. The maximum atomic E-state index is 12.8. The van der Waals surface area contributed by atoms with E-state index in [1.165, 1.54) is 0 Å². The summed E-state index contributed by atoms with van der Waals surface area (Å²) in [6.07, 6.45) is 2.86. The summed E-state index contributed by atoms with van der Waals surface area (Å²) in [6.45, 7) is 4.38. The van der Waals surface area contributed by atoms with Crippen LogP contribution < -0.4 is 4.90 Å². The summed E-state index contributed by atoms with van der Waals surface area (Å²) in [4.78, 5) is 16.9. The fraction of sp³-hybridized carbons (Fsp3) is 0.438. The molecule has 0 radical (unpaired) electrons. The van der Waals surface area contributed by atoms with Gasteiger partial charge in [-0.3, -0.25) is 9.69 Å². The number of likely N-dealkylation sites (N-methyl/N-ethyl adjacent to an activating group) is 1. The smallest absolute Gasteiger partial charge is 0.244 e. The third kappa shape index (κ3) is 3.57. The van der Waals surface area contributed by atoms with Gasteiger partial charge in [-0.2, -0.15) is 0 Å². The Morgan fingerprint density at radius 3 is 2.78 bits per heavy atom. The first-order chi connectivity index (χ1) is 11.2. The first kappa shape index (κ1) is 16.4. The zero-order chi connectivity index (χ0) is 16.2. The minimum atomic E-state index is -0.0677. The Morgan fingerprint density at radius 1 is 1.35 bits per heavy atom. The minimum absolute atomic E-state index is 0.0677. The highest BCUT2D eigenvalue weighted by atomic mass is 32.2. The fourth-order valence-electron chi connectivity index (χ4n) is 2.87. The number of nitrogens with zero attached hydrogens (tertiary/aromatic N) is 4. The molecule has 5 nitrogen and oxygen atoms in total. The molecule has 3 rings (SSSR count). The van der Waals surface area contributed by atoms with Crippen LogP contribution in [0.15, 0.2) is 34.7 Å². The third-order valence-electron chi connectivity index (χ3n) is 4.05. The predicted molar refractivity (Wildman–Crippen MR) is 95.0 cm³/mol. The van der Waals surface area contributed by atoms with Crippen molar-refractivity contribution in [1.29, 1.82) is 0 Å². The summed E-state index contributed by atoms with van der Waals surface area (Å²) in [5.74, 6) is 0.188. The Morgan fingerprint density at radius 2 is 2.13 bits per heavy atom. The van der Waals surface area contributed by atoms with Gasteiger partial charge in [0.05, 0.1) is 12.6 Å². The number of hydrogen-bond donors (Lipinski definition) is 0. The van der Waals surface area contributed by atoms with Gasteiger partial charge in [0, 0.05) is 12.2 Å². The van der Waals surface area contributed by atoms with Crippen molar-refractivity contribution in [3.05, 3.63) is 35.3 Å². The van der Waals surface area contributed by atoms with Crippen LogP contribution in [-0.4, -0.2) is 46.4 Å². The van der Waals surface area contributed by atoms with E-state index in [0.717, 1.165) is 34.5 Å². The fourth-order valence-corrected chi connectivity index (χ4v) is 4.21. The first-order valence-electron chi connectivity index (χ1n) is 7.69. The quantitative estimate of drug-likeness (QED) is 0.751. The molecule has 2 aromatic rings. The van der Waals surface area contributed by atoms with E-state index in [0.29, 0.717) is 6.54 Å². The van der Waals surface area contributed by atoms with Gasteiger partial charge in [0.2, 0.25) is 5.91 Å². The molecule has 23 heavy (non-hydrogen) atoms. The van der Waals surface area contributed by atoms with Crippen LogP contribution in [0.25, 0.3) is 0 Å². The number of carbonyl (C=O) groups is 1. The summed E-state index contributed by atoms with van der Waals surface area (Å²) in [7, 11) is 0. The van der Waals surface area contributed by atoms with Crippen molar-refractivity contribution >= 4 is 34.7 Å². The molecule has 1 fully saturated rings. The Balaban J connectivity index is 1.71. The van der Waals surface area contributed by atoms with Gasteiger partial charge in [-0.15, -0.1) is 10.2 Å². The summed E-state index contributed by atoms with van der Waals surface area (Å²) in [6, 6.07) is 9.83. The Labute approximate surface area is 144 Å². The molecule has 1 amide bonds. The predicted octanol–water partition coefficient (Wildman–Crippen LogP) is 2.89. The highest BCUT2D eigenvalue weighted by Crippen LogP contribution is 2.26. The molecular formula is C16H20N4OS2. The zero-order valence-electron chi connectivity index (χ0n) is 13.3. The van der Waals surface area contributed by atoms with Crippen LogP contribution in [0.4, 0.5) is 5.69 Å². The van der Waals surface area contributed by atoms with Gasteiger partial charge in [-0.25, -0.2) is 0 Å². The lowest BCUT2D eigenvalue weighted by molar-refractivity contribution is -0.121. The van der Waals surface area contributed by atoms with Crippen molar-refractivity contribution in [2.24, 2.45) is 0 Å². The molecule has 0 unspecified atom stereocenters. The van der Waals surface area contributed by atoms with Crippen LogP contribution in [0.1, 0.15) is 18.4 Å². The summed E-state index contributed by atoms with van der Waals surface area (Å²) < 4.78 is 0.972. The highest BCUT2D eigenvalue weighted by Gasteiger charge is 2.36. The zero-order valence-corrected chi connectivity index (χ0v) is 14.9. The second-order valence-electron chi connectivity index (χ2n) is 5.36. The maximum Gasteiger partial charge on any atom is 0.244 e. The number of aromatic nitrogens is 2. The second kappa shape index (κ2) is 7.42. The van der Waals surface area contributed by atoms with E-state index in [4.69, 9.17) is 0 Å². The van der Waals surface area contributed by atoms with Crippen LogP contribution in [0.5, 0.6) is 0 Å². The topological polar surface area (TPSA) is 49.3 Å². The lowest BCUT2D eigenvalue weighted by Gasteiger charge is -2.25. The Hall–Kier alpha value is -1.44. The molecule has 0 bridgehead atoms. The van der Waals surface area contributed by atoms with Crippen molar-refractivity contribution < 1.29 is 4.79 Å². The number of para-hydroxylation sites is 1. The summed E-state index contributed by atoms with van der Waals surface area (Å²) in [5, 5.41) is 9.34. The molecule has 7 heteroatoms. The average Bonchev–Trinajstić information content (AvgIpc) is 3.20. The molecule has 0 saturated carbocycles. The van der Waals surface area contributed by atoms with Crippen molar-refractivity contribution in [1.82, 2.24) is 15.1 Å². The molecule has 0 aliphatic carbocycles. The molecule has 1 aliphatic heterocycles. The molecular weight excluding hydrogens is 328 g/mol. The third-order valence-corrected chi connectivity index (χ3v) is 5.94.